The fourth-order valence-corrected chi connectivity index (χ4v) is 3.28. The summed E-state index contributed by atoms with van der Waals surface area (Å²) in [6.45, 7) is 4.19. The third-order valence-electron chi connectivity index (χ3n) is 3.88. The van der Waals surface area contributed by atoms with Crippen molar-refractivity contribution in [3.8, 4) is 11.3 Å². The Morgan fingerprint density at radius 3 is 2.48 bits per heavy atom. The predicted octanol–water partition coefficient (Wildman–Crippen LogP) is 5.42. The summed E-state index contributed by atoms with van der Waals surface area (Å²) in [6, 6.07) is 14.7. The Balaban J connectivity index is 1.89. The van der Waals surface area contributed by atoms with Crippen LogP contribution in [0.3, 0.4) is 0 Å². The normalized spacial score (nSPS) is 11.0. The van der Waals surface area contributed by atoms with Crippen molar-refractivity contribution in [1.82, 2.24) is 9.38 Å². The minimum atomic E-state index is 0.950. The monoisotopic (exact) mass is 319 g/mol. The van der Waals surface area contributed by atoms with Crippen molar-refractivity contribution >= 4 is 28.5 Å². The van der Waals surface area contributed by atoms with Crippen molar-refractivity contribution < 1.29 is 0 Å². The van der Waals surface area contributed by atoms with Crippen LogP contribution in [-0.2, 0) is 0 Å². The number of nitrogens with one attached hydrogen (secondary N) is 1. The molecule has 0 spiro atoms. The van der Waals surface area contributed by atoms with Gasteiger partial charge >= 0.3 is 0 Å². The van der Waals surface area contributed by atoms with E-state index in [0.29, 0.717) is 0 Å². The highest BCUT2D eigenvalue weighted by Gasteiger charge is 2.14. The molecule has 0 fully saturated rings. The summed E-state index contributed by atoms with van der Waals surface area (Å²) in [6.07, 6.45) is 2.12. The fraction of sp³-hybridized carbons (Fsp3) is 0.105. The molecule has 3 nitrogen and oxygen atoms in total. The summed E-state index contributed by atoms with van der Waals surface area (Å²) in [4.78, 5) is 4.82. The van der Waals surface area contributed by atoms with E-state index in [9.17, 15) is 0 Å². The molecule has 0 aliphatic heterocycles. The molecule has 4 aromatic rings. The Morgan fingerprint density at radius 2 is 1.74 bits per heavy atom. The van der Waals surface area contributed by atoms with Gasteiger partial charge in [0.1, 0.15) is 17.2 Å². The van der Waals surface area contributed by atoms with Crippen LogP contribution in [0, 0.1) is 13.8 Å². The Kier molecular flexibility index (Phi) is 3.39. The van der Waals surface area contributed by atoms with Crippen LogP contribution in [0.1, 0.15) is 11.1 Å². The highest BCUT2D eigenvalue weighted by molar-refractivity contribution is 7.08. The molecule has 0 radical (unpaired) electrons. The first-order valence-corrected chi connectivity index (χ1v) is 8.50. The number of pyridine rings is 1. The standard InChI is InChI=1S/C19H17N3S/c1-13-3-6-16(7-4-13)20-19-18(15-9-10-23-12-15)21-17-8-5-14(2)11-22(17)19/h3-12,20H,1-2H3. The van der Waals surface area contributed by atoms with Crippen LogP contribution in [0.5, 0.6) is 0 Å². The molecule has 4 rings (SSSR count). The first kappa shape index (κ1) is 14.0. The van der Waals surface area contributed by atoms with Gasteiger partial charge in [-0.2, -0.15) is 11.3 Å². The maximum atomic E-state index is 4.82. The average molecular weight is 319 g/mol. The number of aromatic nitrogens is 2. The van der Waals surface area contributed by atoms with Crippen LogP contribution >= 0.6 is 11.3 Å². The van der Waals surface area contributed by atoms with Gasteiger partial charge in [-0.25, -0.2) is 4.98 Å². The SMILES string of the molecule is Cc1ccc(Nc2c(-c3ccsc3)nc3ccc(C)cn23)cc1. The number of hydrogen-bond acceptors (Lipinski definition) is 3. The van der Waals surface area contributed by atoms with E-state index < -0.39 is 0 Å². The smallest absolute Gasteiger partial charge is 0.143 e. The quantitative estimate of drug-likeness (QED) is 0.546. The van der Waals surface area contributed by atoms with Crippen molar-refractivity contribution in [2.24, 2.45) is 0 Å². The molecule has 0 atom stereocenters. The van der Waals surface area contributed by atoms with E-state index in [1.54, 1.807) is 11.3 Å². The van der Waals surface area contributed by atoms with Crippen molar-refractivity contribution in [2.45, 2.75) is 13.8 Å². The summed E-state index contributed by atoms with van der Waals surface area (Å²) < 4.78 is 2.13. The maximum Gasteiger partial charge on any atom is 0.143 e. The van der Waals surface area contributed by atoms with E-state index in [1.807, 2.05) is 0 Å². The minimum Gasteiger partial charge on any atom is -0.339 e. The number of fused-ring (bicyclic) bond motifs is 1. The number of rotatable bonds is 3. The lowest BCUT2D eigenvalue weighted by molar-refractivity contribution is 1.16. The summed E-state index contributed by atoms with van der Waals surface area (Å²) in [5.41, 5.74) is 6.60. The lowest BCUT2D eigenvalue weighted by Gasteiger charge is -2.09. The molecule has 0 unspecified atom stereocenters. The molecule has 0 amide bonds. The number of imidazole rings is 1. The van der Waals surface area contributed by atoms with Gasteiger partial charge in [0.05, 0.1) is 0 Å². The van der Waals surface area contributed by atoms with Gasteiger partial charge in [-0.15, -0.1) is 0 Å². The Labute approximate surface area is 139 Å². The van der Waals surface area contributed by atoms with Gasteiger partial charge in [-0.3, -0.25) is 4.40 Å². The van der Waals surface area contributed by atoms with Crippen LogP contribution < -0.4 is 5.32 Å². The first-order valence-electron chi connectivity index (χ1n) is 7.56. The molecule has 0 aliphatic carbocycles. The summed E-state index contributed by atoms with van der Waals surface area (Å²) >= 11 is 1.69. The highest BCUT2D eigenvalue weighted by Crippen LogP contribution is 2.32. The number of benzene rings is 1. The molecule has 3 heterocycles. The van der Waals surface area contributed by atoms with Crippen LogP contribution in [0.25, 0.3) is 16.9 Å². The molecule has 4 heteroatoms. The van der Waals surface area contributed by atoms with Crippen molar-refractivity contribution in [3.63, 3.8) is 0 Å². The highest BCUT2D eigenvalue weighted by atomic mass is 32.1. The zero-order chi connectivity index (χ0) is 15.8. The number of hydrogen-bond donors (Lipinski definition) is 1. The summed E-state index contributed by atoms with van der Waals surface area (Å²) in [5, 5.41) is 7.76. The van der Waals surface area contributed by atoms with E-state index in [1.165, 1.54) is 11.1 Å². The molecule has 114 valence electrons. The molecular formula is C19H17N3S. The first-order chi connectivity index (χ1) is 11.2. The average Bonchev–Trinajstić information content (AvgIpc) is 3.18. The number of aryl methyl sites for hydroxylation is 2. The van der Waals surface area contributed by atoms with Crippen LogP contribution in [0.15, 0.2) is 59.4 Å². The van der Waals surface area contributed by atoms with E-state index in [2.05, 4.69) is 83.0 Å². The molecular weight excluding hydrogens is 302 g/mol. The summed E-state index contributed by atoms with van der Waals surface area (Å²) in [5.74, 6) is 1.01. The van der Waals surface area contributed by atoms with Gasteiger partial charge in [0.25, 0.3) is 0 Å². The van der Waals surface area contributed by atoms with Crippen molar-refractivity contribution in [2.75, 3.05) is 5.32 Å². The largest absolute Gasteiger partial charge is 0.339 e. The van der Waals surface area contributed by atoms with Crippen LogP contribution in [-0.4, -0.2) is 9.38 Å². The molecule has 0 bridgehead atoms. The minimum absolute atomic E-state index is 0.950. The van der Waals surface area contributed by atoms with E-state index in [4.69, 9.17) is 4.98 Å². The van der Waals surface area contributed by atoms with Gasteiger partial charge in [0.15, 0.2) is 0 Å². The molecule has 3 aromatic heterocycles. The molecule has 0 aliphatic rings. The Morgan fingerprint density at radius 1 is 0.957 bits per heavy atom. The number of anilines is 2. The third-order valence-corrected chi connectivity index (χ3v) is 4.56. The van der Waals surface area contributed by atoms with Gasteiger partial charge in [-0.05, 0) is 49.1 Å². The maximum absolute atomic E-state index is 4.82. The molecule has 0 saturated carbocycles. The van der Waals surface area contributed by atoms with E-state index in [0.717, 1.165) is 28.4 Å². The van der Waals surface area contributed by atoms with Crippen molar-refractivity contribution in [3.05, 3.63) is 70.5 Å². The van der Waals surface area contributed by atoms with E-state index >= 15 is 0 Å². The van der Waals surface area contributed by atoms with E-state index in [-0.39, 0.29) is 0 Å². The summed E-state index contributed by atoms with van der Waals surface area (Å²) in [7, 11) is 0. The zero-order valence-corrected chi connectivity index (χ0v) is 13.9. The van der Waals surface area contributed by atoms with Gasteiger partial charge < -0.3 is 5.32 Å². The molecule has 1 aromatic carbocycles. The van der Waals surface area contributed by atoms with Crippen LogP contribution in [0.2, 0.25) is 0 Å². The lowest BCUT2D eigenvalue weighted by Crippen LogP contribution is -1.97. The molecule has 1 N–H and O–H groups in total. The third kappa shape index (κ3) is 2.62. The Hall–Kier alpha value is -2.59. The predicted molar refractivity (Wildman–Crippen MR) is 97.7 cm³/mol. The van der Waals surface area contributed by atoms with Crippen molar-refractivity contribution in [1.29, 1.82) is 0 Å². The van der Waals surface area contributed by atoms with Gasteiger partial charge in [-0.1, -0.05) is 23.8 Å². The second-order valence-corrected chi connectivity index (χ2v) is 6.53. The molecule has 23 heavy (non-hydrogen) atoms. The zero-order valence-electron chi connectivity index (χ0n) is 13.1. The van der Waals surface area contributed by atoms with Gasteiger partial charge in [0, 0.05) is 22.8 Å². The number of thiophene rings is 1. The second-order valence-electron chi connectivity index (χ2n) is 5.75. The Bertz CT molecular complexity index is 950. The van der Waals surface area contributed by atoms with Gasteiger partial charge in [0.2, 0.25) is 0 Å². The fourth-order valence-electron chi connectivity index (χ4n) is 2.64. The van der Waals surface area contributed by atoms with Crippen LogP contribution in [0.4, 0.5) is 11.5 Å². The second kappa shape index (κ2) is 5.56. The topological polar surface area (TPSA) is 29.3 Å². The molecule has 0 saturated heterocycles. The number of nitrogens with zero attached hydrogens (tertiary/aromatic N) is 2. The lowest BCUT2D eigenvalue weighted by atomic mass is 10.2.